The van der Waals surface area contributed by atoms with Crippen LogP contribution in [0.1, 0.15) is 117 Å². The van der Waals surface area contributed by atoms with Crippen LogP contribution in [0.3, 0.4) is 0 Å². The van der Waals surface area contributed by atoms with Gasteiger partial charge in [-0.05, 0) is 18.8 Å². The highest BCUT2D eigenvalue weighted by Gasteiger charge is 2.56. The first-order chi connectivity index (χ1) is 17.8. The van der Waals surface area contributed by atoms with Gasteiger partial charge in [0.05, 0.1) is 19.8 Å². The molecule has 1 aliphatic heterocycles. The number of rotatable bonds is 26. The number of aliphatic hydroxyl groups excluding tert-OH is 6. The Morgan fingerprint density at radius 3 is 1.57 bits per heavy atom. The summed E-state index contributed by atoms with van der Waals surface area (Å²) in [6.07, 6.45) is 11.6. The van der Waals surface area contributed by atoms with Crippen LogP contribution in [-0.2, 0) is 9.47 Å². The lowest BCUT2D eigenvalue weighted by Crippen LogP contribution is -2.54. The second kappa shape index (κ2) is 20.6. The van der Waals surface area contributed by atoms with E-state index in [9.17, 15) is 25.5 Å². The molecule has 1 fully saturated rings. The molecular formula is C29H58O8. The quantitative estimate of drug-likeness (QED) is 0.0731. The van der Waals surface area contributed by atoms with Crippen molar-refractivity contribution in [1.82, 2.24) is 0 Å². The van der Waals surface area contributed by atoms with E-state index in [4.69, 9.17) is 14.6 Å². The average molecular weight is 535 g/mol. The molecular weight excluding hydrogens is 476 g/mol. The molecule has 0 aromatic rings. The zero-order chi connectivity index (χ0) is 27.5. The van der Waals surface area contributed by atoms with E-state index >= 15 is 0 Å². The molecule has 6 N–H and O–H groups in total. The zero-order valence-electron chi connectivity index (χ0n) is 23.6. The third-order valence-corrected chi connectivity index (χ3v) is 7.79. The van der Waals surface area contributed by atoms with Gasteiger partial charge in [0.25, 0.3) is 0 Å². The molecule has 0 aliphatic carbocycles. The molecule has 0 radical (unpaired) electrons. The van der Waals surface area contributed by atoms with Gasteiger partial charge in [-0.1, -0.05) is 104 Å². The van der Waals surface area contributed by atoms with Crippen LogP contribution in [-0.4, -0.2) is 93.2 Å². The van der Waals surface area contributed by atoms with Crippen molar-refractivity contribution in [2.45, 2.75) is 153 Å². The normalized spacial score (nSPS) is 22.4. The summed E-state index contributed by atoms with van der Waals surface area (Å²) in [6.45, 7) is 4.52. The first-order valence-electron chi connectivity index (χ1n) is 15.1. The summed E-state index contributed by atoms with van der Waals surface area (Å²) in [5, 5.41) is 59.4. The monoisotopic (exact) mass is 534 g/mol. The van der Waals surface area contributed by atoms with Crippen molar-refractivity contribution in [2.24, 2.45) is 5.92 Å². The summed E-state index contributed by atoms with van der Waals surface area (Å²) < 4.78 is 11.4. The van der Waals surface area contributed by atoms with Crippen LogP contribution in [0.25, 0.3) is 0 Å². The highest BCUT2D eigenvalue weighted by atomic mass is 16.6. The maximum absolute atomic E-state index is 10.6. The van der Waals surface area contributed by atoms with E-state index in [1.54, 1.807) is 0 Å². The molecule has 0 aromatic heterocycles. The summed E-state index contributed by atoms with van der Waals surface area (Å²) in [5.41, 5.74) is -1.13. The number of unbranched alkanes of at least 4 members (excludes halogenated alkanes) is 12. The first kappa shape index (κ1) is 34.7. The molecule has 0 spiro atoms. The van der Waals surface area contributed by atoms with Crippen LogP contribution >= 0.6 is 0 Å². The van der Waals surface area contributed by atoms with Crippen molar-refractivity contribution >= 4 is 0 Å². The van der Waals surface area contributed by atoms with E-state index < -0.39 is 42.7 Å². The van der Waals surface area contributed by atoms with Crippen LogP contribution in [0, 0.1) is 5.92 Å². The van der Waals surface area contributed by atoms with Gasteiger partial charge in [0.2, 0.25) is 0 Å². The molecule has 8 heteroatoms. The molecule has 0 aromatic carbocycles. The fourth-order valence-corrected chi connectivity index (χ4v) is 4.96. The lowest BCUT2D eigenvalue weighted by molar-refractivity contribution is -0.156. The topological polar surface area (TPSA) is 143 Å². The molecule has 7 atom stereocenters. The second-order valence-electron chi connectivity index (χ2n) is 11.2. The Morgan fingerprint density at radius 1 is 0.676 bits per heavy atom. The van der Waals surface area contributed by atoms with Crippen LogP contribution in [0.4, 0.5) is 0 Å². The van der Waals surface area contributed by atoms with Gasteiger partial charge in [0, 0.05) is 6.61 Å². The number of epoxide rings is 1. The van der Waals surface area contributed by atoms with Crippen molar-refractivity contribution < 1.29 is 40.1 Å². The summed E-state index contributed by atoms with van der Waals surface area (Å²) in [6, 6.07) is 0. The molecule has 1 rings (SSSR count). The molecule has 3 unspecified atom stereocenters. The van der Waals surface area contributed by atoms with Gasteiger partial charge >= 0.3 is 0 Å². The summed E-state index contributed by atoms with van der Waals surface area (Å²) >= 11 is 0. The largest absolute Gasteiger partial charge is 0.394 e. The molecule has 0 bridgehead atoms. The van der Waals surface area contributed by atoms with Gasteiger partial charge in [-0.25, -0.2) is 0 Å². The minimum Gasteiger partial charge on any atom is -0.394 e. The van der Waals surface area contributed by atoms with Crippen molar-refractivity contribution in [1.29, 1.82) is 0 Å². The Bertz CT molecular complexity index is 530. The molecule has 0 saturated carbocycles. The number of hydrogen-bond donors (Lipinski definition) is 6. The summed E-state index contributed by atoms with van der Waals surface area (Å²) in [5.74, 6) is 0.441. The van der Waals surface area contributed by atoms with E-state index in [2.05, 4.69) is 13.8 Å². The third kappa shape index (κ3) is 14.0. The molecule has 1 heterocycles. The molecule has 8 nitrogen and oxygen atoms in total. The van der Waals surface area contributed by atoms with Crippen LogP contribution in [0.15, 0.2) is 0 Å². The minimum absolute atomic E-state index is 0.0843. The summed E-state index contributed by atoms with van der Waals surface area (Å²) in [4.78, 5) is 0. The maximum Gasteiger partial charge on any atom is 0.143 e. The van der Waals surface area contributed by atoms with Gasteiger partial charge in [-0.2, -0.15) is 0 Å². The van der Waals surface area contributed by atoms with Crippen LogP contribution in [0.2, 0.25) is 0 Å². The summed E-state index contributed by atoms with van der Waals surface area (Å²) in [7, 11) is 0. The Labute approximate surface area is 225 Å². The molecule has 1 saturated heterocycles. The first-order valence-corrected chi connectivity index (χ1v) is 15.1. The van der Waals surface area contributed by atoms with E-state index in [-0.39, 0.29) is 13.2 Å². The Morgan fingerprint density at radius 2 is 1.14 bits per heavy atom. The lowest BCUT2D eigenvalue weighted by atomic mass is 9.92. The Hall–Kier alpha value is -0.320. The standard InChI is InChI=1S/C29H58O8/c1-3-5-7-9-11-12-14-16-18-23(17-15-13-10-8-6-4-2)20-36-21-29(22-37-29)28(35)27(34)26(33)25(32)24(31)19-30/h23-28,30-35H,3-22H2,1-2H3/t23?,24-,25-,26-,27-,28?,29?/m1/s1. The van der Waals surface area contributed by atoms with E-state index in [1.165, 1.54) is 89.9 Å². The molecule has 222 valence electrons. The van der Waals surface area contributed by atoms with E-state index in [1.807, 2.05) is 0 Å². The Kier molecular flexibility index (Phi) is 19.3. The smallest absolute Gasteiger partial charge is 0.143 e. The van der Waals surface area contributed by atoms with Crippen molar-refractivity contribution in [3.05, 3.63) is 0 Å². The predicted molar refractivity (Wildman–Crippen MR) is 145 cm³/mol. The molecule has 37 heavy (non-hydrogen) atoms. The SMILES string of the molecule is CCCCCCCCCCC(CCCCCCCC)COCC1(C(O)[C@H](O)[C@H](O)[C@H](O)[C@H](O)CO)CO1. The number of aliphatic hydroxyl groups is 6. The van der Waals surface area contributed by atoms with Gasteiger partial charge in [-0.15, -0.1) is 0 Å². The van der Waals surface area contributed by atoms with Gasteiger partial charge < -0.3 is 40.1 Å². The highest BCUT2D eigenvalue weighted by Crippen LogP contribution is 2.35. The van der Waals surface area contributed by atoms with Crippen molar-refractivity contribution in [3.8, 4) is 0 Å². The van der Waals surface area contributed by atoms with Gasteiger partial charge in [0.1, 0.15) is 36.1 Å². The minimum atomic E-state index is -1.83. The number of ether oxygens (including phenoxy) is 2. The van der Waals surface area contributed by atoms with Crippen molar-refractivity contribution in [3.63, 3.8) is 0 Å². The van der Waals surface area contributed by atoms with E-state index in [0.29, 0.717) is 12.5 Å². The maximum atomic E-state index is 10.6. The van der Waals surface area contributed by atoms with Gasteiger partial charge in [-0.3, -0.25) is 0 Å². The highest BCUT2D eigenvalue weighted by molar-refractivity contribution is 5.04. The zero-order valence-corrected chi connectivity index (χ0v) is 23.6. The predicted octanol–water partition coefficient (Wildman–Crippen LogP) is 3.47. The van der Waals surface area contributed by atoms with Crippen LogP contribution in [0.5, 0.6) is 0 Å². The Balaban J connectivity index is 2.46. The van der Waals surface area contributed by atoms with E-state index in [0.717, 1.165) is 12.8 Å². The molecule has 0 amide bonds. The second-order valence-corrected chi connectivity index (χ2v) is 11.2. The fourth-order valence-electron chi connectivity index (χ4n) is 4.96. The average Bonchev–Trinajstić information content (AvgIpc) is 3.70. The number of hydrogen-bond acceptors (Lipinski definition) is 8. The van der Waals surface area contributed by atoms with Crippen LogP contribution < -0.4 is 0 Å². The third-order valence-electron chi connectivity index (χ3n) is 7.79. The lowest BCUT2D eigenvalue weighted by Gasteiger charge is -2.31. The fraction of sp³-hybridized carbons (Fsp3) is 1.00. The van der Waals surface area contributed by atoms with Gasteiger partial charge in [0.15, 0.2) is 0 Å². The van der Waals surface area contributed by atoms with Crippen molar-refractivity contribution in [2.75, 3.05) is 26.4 Å². The molecule has 1 aliphatic rings.